The van der Waals surface area contributed by atoms with E-state index in [-0.39, 0.29) is 13.0 Å². The Morgan fingerprint density at radius 2 is 1.86 bits per heavy atom. The number of aliphatic hydroxyl groups is 4. The van der Waals surface area contributed by atoms with Gasteiger partial charge in [-0.05, 0) is 6.42 Å². The van der Waals surface area contributed by atoms with Crippen molar-refractivity contribution in [2.45, 2.75) is 24.7 Å². The van der Waals surface area contributed by atoms with E-state index < -0.39 is 24.9 Å². The van der Waals surface area contributed by atoms with Crippen molar-refractivity contribution in [2.24, 2.45) is 10.2 Å². The number of aromatic nitrogens is 2. The molecule has 0 fully saturated rings. The minimum atomic E-state index is -1.42. The van der Waals surface area contributed by atoms with Gasteiger partial charge in [0.05, 0.1) is 25.5 Å². The van der Waals surface area contributed by atoms with E-state index >= 15 is 0 Å². The quantitative estimate of drug-likeness (QED) is 0.540. The number of aliphatic hydroxyl groups excluding tert-OH is 4. The second kappa shape index (κ2) is 7.85. The van der Waals surface area contributed by atoms with Crippen molar-refractivity contribution in [3.63, 3.8) is 0 Å². The maximum absolute atomic E-state index is 9.64. The number of benzene rings is 1. The number of hydrogen-bond acceptors (Lipinski definition) is 8. The number of azo groups is 1. The van der Waals surface area contributed by atoms with E-state index in [1.54, 1.807) is 6.20 Å². The van der Waals surface area contributed by atoms with Gasteiger partial charge in [-0.3, -0.25) is 0 Å². The fraction of sp³-hybridized carbons (Fsp3) is 0.429. The summed E-state index contributed by atoms with van der Waals surface area (Å²) in [5, 5.41) is 54.4. The molecular weight excluding hydrogens is 288 g/mol. The largest absolute Gasteiger partial charge is 0.394 e. The number of hydrogen-bond donors (Lipinski definition) is 4. The van der Waals surface area contributed by atoms with Crippen LogP contribution in [-0.2, 0) is 0 Å². The highest BCUT2D eigenvalue weighted by atomic mass is 16.4. The van der Waals surface area contributed by atoms with Gasteiger partial charge in [0.1, 0.15) is 12.2 Å². The van der Waals surface area contributed by atoms with Crippen LogP contribution in [-0.4, -0.2) is 62.1 Å². The predicted molar refractivity (Wildman–Crippen MR) is 78.6 cm³/mol. The van der Waals surface area contributed by atoms with E-state index in [0.29, 0.717) is 5.82 Å². The molecule has 0 saturated heterocycles. The van der Waals surface area contributed by atoms with Crippen molar-refractivity contribution in [3.8, 4) is 0 Å². The van der Waals surface area contributed by atoms with Crippen LogP contribution in [0.1, 0.15) is 6.42 Å². The molecule has 0 amide bonds. The summed E-state index contributed by atoms with van der Waals surface area (Å²) in [5.41, 5.74) is 0. The fourth-order valence-corrected chi connectivity index (χ4v) is 1.93. The lowest BCUT2D eigenvalue weighted by molar-refractivity contribution is -0.0774. The predicted octanol–water partition coefficient (Wildman–Crippen LogP) is 0.179. The molecule has 1 aromatic carbocycles. The molecule has 0 bridgehead atoms. The zero-order valence-electron chi connectivity index (χ0n) is 11.8. The maximum Gasteiger partial charge on any atom is 0.203 e. The lowest BCUT2D eigenvalue weighted by atomic mass is 10.1. The fourth-order valence-electron chi connectivity index (χ4n) is 1.93. The first-order valence-corrected chi connectivity index (χ1v) is 6.86. The molecule has 0 aliphatic carbocycles. The van der Waals surface area contributed by atoms with Gasteiger partial charge in [-0.25, -0.2) is 0 Å². The number of fused-ring (bicyclic) bond motifs is 1. The normalized spacial score (nSPS) is 16.0. The van der Waals surface area contributed by atoms with Gasteiger partial charge in [0.25, 0.3) is 0 Å². The van der Waals surface area contributed by atoms with Gasteiger partial charge in [-0.15, -0.1) is 10.2 Å². The first kappa shape index (κ1) is 16.4. The second-order valence-electron chi connectivity index (χ2n) is 4.82. The van der Waals surface area contributed by atoms with Crippen molar-refractivity contribution in [3.05, 3.63) is 30.5 Å². The molecule has 0 aliphatic heterocycles. The number of rotatable bonds is 7. The van der Waals surface area contributed by atoms with Crippen LogP contribution in [0, 0.1) is 0 Å². The molecule has 0 saturated carbocycles. The van der Waals surface area contributed by atoms with E-state index in [1.165, 1.54) is 0 Å². The molecular formula is C14H18N4O4. The van der Waals surface area contributed by atoms with Gasteiger partial charge in [-0.1, -0.05) is 24.3 Å². The Kier molecular flexibility index (Phi) is 5.84. The van der Waals surface area contributed by atoms with Crippen LogP contribution in [0.25, 0.3) is 10.8 Å². The lowest BCUT2D eigenvalue weighted by Gasteiger charge is -2.20. The van der Waals surface area contributed by atoms with E-state index in [1.807, 2.05) is 24.3 Å². The molecule has 0 radical (unpaired) electrons. The van der Waals surface area contributed by atoms with Crippen molar-refractivity contribution < 1.29 is 20.4 Å². The molecule has 22 heavy (non-hydrogen) atoms. The van der Waals surface area contributed by atoms with Crippen LogP contribution in [0.2, 0.25) is 0 Å². The Morgan fingerprint density at radius 3 is 2.64 bits per heavy atom. The minimum Gasteiger partial charge on any atom is -0.394 e. The summed E-state index contributed by atoms with van der Waals surface area (Å²) in [7, 11) is 0. The molecule has 4 N–H and O–H groups in total. The van der Waals surface area contributed by atoms with Crippen molar-refractivity contribution in [1.82, 2.24) is 10.2 Å². The molecule has 118 valence electrons. The molecule has 2 aromatic rings. The molecule has 3 unspecified atom stereocenters. The summed E-state index contributed by atoms with van der Waals surface area (Å²) in [5.74, 6) is 0.378. The third kappa shape index (κ3) is 4.01. The first-order valence-electron chi connectivity index (χ1n) is 6.86. The average Bonchev–Trinajstić information content (AvgIpc) is 2.57. The van der Waals surface area contributed by atoms with Crippen LogP contribution >= 0.6 is 0 Å². The van der Waals surface area contributed by atoms with Gasteiger partial charge in [-0.2, -0.15) is 10.2 Å². The Morgan fingerprint density at radius 1 is 1.09 bits per heavy atom. The molecule has 1 heterocycles. The average molecular weight is 306 g/mol. The van der Waals surface area contributed by atoms with Gasteiger partial charge < -0.3 is 20.4 Å². The monoisotopic (exact) mass is 306 g/mol. The van der Waals surface area contributed by atoms with E-state index in [4.69, 9.17) is 5.11 Å². The minimum absolute atomic E-state index is 0.0971. The second-order valence-corrected chi connectivity index (χ2v) is 4.82. The van der Waals surface area contributed by atoms with Gasteiger partial charge >= 0.3 is 0 Å². The van der Waals surface area contributed by atoms with E-state index in [2.05, 4.69) is 20.4 Å². The smallest absolute Gasteiger partial charge is 0.203 e. The summed E-state index contributed by atoms with van der Waals surface area (Å²) >= 11 is 0. The van der Waals surface area contributed by atoms with Crippen LogP contribution in [0.5, 0.6) is 0 Å². The highest BCUT2D eigenvalue weighted by Gasteiger charge is 2.23. The molecule has 8 heteroatoms. The van der Waals surface area contributed by atoms with Crippen LogP contribution in [0.4, 0.5) is 5.82 Å². The van der Waals surface area contributed by atoms with Crippen LogP contribution < -0.4 is 0 Å². The molecule has 3 atom stereocenters. The van der Waals surface area contributed by atoms with Crippen molar-refractivity contribution in [1.29, 1.82) is 0 Å². The summed E-state index contributed by atoms with van der Waals surface area (Å²) in [4.78, 5) is 0. The van der Waals surface area contributed by atoms with Crippen LogP contribution in [0.3, 0.4) is 0 Å². The highest BCUT2D eigenvalue weighted by molar-refractivity contribution is 5.89. The number of nitrogens with zero attached hydrogens (tertiary/aromatic N) is 4. The Hall–Kier alpha value is -2.00. The third-order valence-electron chi connectivity index (χ3n) is 3.22. The van der Waals surface area contributed by atoms with Gasteiger partial charge in [0, 0.05) is 10.8 Å². The van der Waals surface area contributed by atoms with Crippen molar-refractivity contribution in [2.75, 3.05) is 13.2 Å². The summed E-state index contributed by atoms with van der Waals surface area (Å²) in [6.07, 6.45) is -2.27. The lowest BCUT2D eigenvalue weighted by Crippen LogP contribution is -2.39. The maximum atomic E-state index is 9.64. The van der Waals surface area contributed by atoms with Crippen LogP contribution in [0.15, 0.2) is 40.7 Å². The Balaban J connectivity index is 1.95. The summed E-state index contributed by atoms with van der Waals surface area (Å²) < 4.78 is 0. The molecule has 0 aliphatic rings. The molecule has 1 aromatic heterocycles. The standard InChI is InChI=1S/C14H18N4O4/c19-8-12(21)13(22)11(20)5-6-15-17-14-10-4-2-1-3-9(10)7-16-18-14/h1-4,7,11-13,19-22H,5-6,8H2. The van der Waals surface area contributed by atoms with E-state index in [0.717, 1.165) is 10.8 Å². The topological polar surface area (TPSA) is 131 Å². The third-order valence-corrected chi connectivity index (χ3v) is 3.22. The van der Waals surface area contributed by atoms with Crippen molar-refractivity contribution >= 4 is 16.6 Å². The van der Waals surface area contributed by atoms with Gasteiger partial charge in [0.2, 0.25) is 5.82 Å². The molecule has 0 spiro atoms. The zero-order chi connectivity index (χ0) is 15.9. The highest BCUT2D eigenvalue weighted by Crippen LogP contribution is 2.21. The Bertz CT molecular complexity index is 632. The SMILES string of the molecule is OCC(O)C(O)C(O)CCN=Nc1nncc2ccccc12. The summed E-state index contributed by atoms with van der Waals surface area (Å²) in [6, 6.07) is 7.49. The molecule has 2 rings (SSSR count). The summed E-state index contributed by atoms with van der Waals surface area (Å²) in [6.45, 7) is -0.480. The zero-order valence-corrected chi connectivity index (χ0v) is 11.8. The molecule has 8 nitrogen and oxygen atoms in total. The van der Waals surface area contributed by atoms with Gasteiger partial charge in [0.15, 0.2) is 0 Å². The van der Waals surface area contributed by atoms with E-state index in [9.17, 15) is 15.3 Å². The first-order chi connectivity index (χ1) is 10.6. The Labute approximate surface area is 126 Å².